The fourth-order valence-corrected chi connectivity index (χ4v) is 2.41. The van der Waals surface area contributed by atoms with Crippen molar-refractivity contribution in [1.29, 1.82) is 0 Å². The highest BCUT2D eigenvalue weighted by molar-refractivity contribution is 7.36. The Morgan fingerprint density at radius 1 is 1.67 bits per heavy atom. The molecule has 1 heterocycles. The third-order valence-electron chi connectivity index (χ3n) is 1.97. The predicted octanol–water partition coefficient (Wildman–Crippen LogP) is 2.21. The van der Waals surface area contributed by atoms with Crippen LogP contribution in [0.15, 0.2) is 11.3 Å². The van der Waals surface area contributed by atoms with E-state index in [1.165, 1.54) is 18.3 Å². The fraction of sp³-hybridized carbons (Fsp3) is 0.714. The summed E-state index contributed by atoms with van der Waals surface area (Å²) in [5.41, 5.74) is 3.16. The van der Waals surface area contributed by atoms with Crippen LogP contribution in [0.4, 0.5) is 0 Å². The van der Waals surface area contributed by atoms with E-state index >= 15 is 0 Å². The average Bonchev–Trinajstić information content (AvgIpc) is 2.15. The van der Waals surface area contributed by atoms with Crippen LogP contribution < -0.4 is 0 Å². The molecule has 9 heavy (non-hydrogen) atoms. The first kappa shape index (κ1) is 7.08. The lowest BCUT2D eigenvalue weighted by molar-refractivity contribution is 0.697. The lowest BCUT2D eigenvalue weighted by Gasteiger charge is -2.10. The average molecular weight is 143 g/mol. The summed E-state index contributed by atoms with van der Waals surface area (Å²) in [4.78, 5) is 0. The summed E-state index contributed by atoms with van der Waals surface area (Å²) in [6.45, 7) is 4.46. The molecule has 1 aliphatic heterocycles. The molecule has 1 rings (SSSR count). The molecular formula is C7H14NP. The lowest BCUT2D eigenvalue weighted by Crippen LogP contribution is -1.98. The molecule has 0 aromatic heterocycles. The van der Waals surface area contributed by atoms with E-state index in [2.05, 4.69) is 25.6 Å². The molecule has 0 radical (unpaired) electrons. The van der Waals surface area contributed by atoms with Gasteiger partial charge in [-0.05, 0) is 27.6 Å². The van der Waals surface area contributed by atoms with Crippen molar-refractivity contribution in [2.75, 3.05) is 13.2 Å². The standard InChI is InChI=1S/C7H14NP/c1-4-7-5-9-8(3)6(7)2/h9H,4-5H2,1-3H3. The predicted molar refractivity (Wildman–Crippen MR) is 43.9 cm³/mol. The van der Waals surface area contributed by atoms with Gasteiger partial charge in [-0.3, -0.25) is 0 Å². The highest BCUT2D eigenvalue weighted by Gasteiger charge is 2.12. The van der Waals surface area contributed by atoms with Gasteiger partial charge in [0.05, 0.1) is 0 Å². The maximum absolute atomic E-state index is 2.36. The fourth-order valence-electron chi connectivity index (χ4n) is 1.08. The molecule has 2 heteroatoms. The number of hydrogen-bond donors (Lipinski definition) is 0. The number of nitrogens with zero attached hydrogens (tertiary/aromatic N) is 1. The lowest BCUT2D eigenvalue weighted by atomic mass is 10.2. The summed E-state index contributed by atoms with van der Waals surface area (Å²) in [5.74, 6) is 0. The summed E-state index contributed by atoms with van der Waals surface area (Å²) in [7, 11) is 3.19. The van der Waals surface area contributed by atoms with E-state index in [1.807, 2.05) is 0 Å². The molecule has 0 aromatic carbocycles. The van der Waals surface area contributed by atoms with Crippen LogP contribution in [0.1, 0.15) is 20.3 Å². The van der Waals surface area contributed by atoms with Gasteiger partial charge in [0.25, 0.3) is 0 Å². The SMILES string of the molecule is CCC1=C(C)N(C)PC1. The van der Waals surface area contributed by atoms with Crippen LogP contribution in [0, 0.1) is 0 Å². The monoisotopic (exact) mass is 143 g/mol. The van der Waals surface area contributed by atoms with Crippen molar-refractivity contribution in [3.63, 3.8) is 0 Å². The minimum absolute atomic E-state index is 1.01. The van der Waals surface area contributed by atoms with Crippen molar-refractivity contribution in [1.82, 2.24) is 4.67 Å². The van der Waals surface area contributed by atoms with Crippen LogP contribution in [-0.2, 0) is 0 Å². The number of hydrogen-bond acceptors (Lipinski definition) is 1. The van der Waals surface area contributed by atoms with Crippen LogP contribution in [-0.4, -0.2) is 17.9 Å². The van der Waals surface area contributed by atoms with E-state index in [-0.39, 0.29) is 0 Å². The van der Waals surface area contributed by atoms with E-state index < -0.39 is 0 Å². The Hall–Kier alpha value is -0.0300. The Balaban J connectivity index is 2.68. The molecule has 1 atom stereocenters. The molecule has 52 valence electrons. The maximum Gasteiger partial charge on any atom is 0.0126 e. The normalized spacial score (nSPS) is 22.3. The Bertz CT molecular complexity index is 140. The van der Waals surface area contributed by atoms with Crippen LogP contribution in [0.2, 0.25) is 0 Å². The first-order chi connectivity index (χ1) is 4.25. The summed E-state index contributed by atoms with van der Waals surface area (Å²) in [5, 5.41) is 0. The third kappa shape index (κ3) is 1.27. The maximum atomic E-state index is 2.36. The van der Waals surface area contributed by atoms with Crippen molar-refractivity contribution >= 4 is 8.73 Å². The van der Waals surface area contributed by atoms with E-state index in [0.29, 0.717) is 0 Å². The van der Waals surface area contributed by atoms with Gasteiger partial charge < -0.3 is 4.67 Å². The van der Waals surface area contributed by atoms with E-state index in [9.17, 15) is 0 Å². The summed E-state index contributed by atoms with van der Waals surface area (Å²) < 4.78 is 2.36. The Labute approximate surface area is 59.0 Å². The number of allylic oxidation sites excluding steroid dienone is 2. The summed E-state index contributed by atoms with van der Waals surface area (Å²) >= 11 is 0. The largest absolute Gasteiger partial charge is 0.359 e. The zero-order valence-electron chi connectivity index (χ0n) is 6.36. The number of rotatable bonds is 1. The first-order valence-electron chi connectivity index (χ1n) is 3.41. The molecule has 1 unspecified atom stereocenters. The molecule has 1 nitrogen and oxygen atoms in total. The molecule has 0 N–H and O–H groups in total. The van der Waals surface area contributed by atoms with Crippen LogP contribution in [0.3, 0.4) is 0 Å². The van der Waals surface area contributed by atoms with Crippen LogP contribution in [0.5, 0.6) is 0 Å². The zero-order chi connectivity index (χ0) is 6.85. The van der Waals surface area contributed by atoms with Gasteiger partial charge in [0.1, 0.15) is 0 Å². The summed E-state index contributed by atoms with van der Waals surface area (Å²) in [6.07, 6.45) is 2.56. The van der Waals surface area contributed by atoms with Gasteiger partial charge in [0.15, 0.2) is 0 Å². The van der Waals surface area contributed by atoms with Crippen molar-refractivity contribution in [2.45, 2.75) is 20.3 Å². The highest BCUT2D eigenvalue weighted by Crippen LogP contribution is 2.34. The smallest absolute Gasteiger partial charge is 0.0126 e. The molecular weight excluding hydrogens is 129 g/mol. The van der Waals surface area contributed by atoms with Gasteiger partial charge in [-0.25, -0.2) is 0 Å². The van der Waals surface area contributed by atoms with E-state index in [1.54, 1.807) is 5.57 Å². The minimum atomic E-state index is 1.01. The summed E-state index contributed by atoms with van der Waals surface area (Å²) in [6, 6.07) is 0. The van der Waals surface area contributed by atoms with Gasteiger partial charge in [0, 0.05) is 18.9 Å². The van der Waals surface area contributed by atoms with Crippen molar-refractivity contribution < 1.29 is 0 Å². The second-order valence-corrected chi connectivity index (χ2v) is 3.78. The van der Waals surface area contributed by atoms with Crippen LogP contribution >= 0.6 is 8.73 Å². The van der Waals surface area contributed by atoms with Gasteiger partial charge in [-0.2, -0.15) is 0 Å². The molecule has 0 fully saturated rings. The molecule has 0 aliphatic carbocycles. The zero-order valence-corrected chi connectivity index (χ0v) is 7.36. The molecule has 0 spiro atoms. The second kappa shape index (κ2) is 2.70. The molecule has 0 saturated carbocycles. The molecule has 1 aliphatic rings. The quantitative estimate of drug-likeness (QED) is 0.509. The Kier molecular flexibility index (Phi) is 2.13. The highest BCUT2D eigenvalue weighted by atomic mass is 31.1. The Morgan fingerprint density at radius 2 is 2.33 bits per heavy atom. The van der Waals surface area contributed by atoms with Crippen LogP contribution in [0.25, 0.3) is 0 Å². The molecule has 0 aromatic rings. The van der Waals surface area contributed by atoms with Crippen molar-refractivity contribution in [3.05, 3.63) is 11.3 Å². The van der Waals surface area contributed by atoms with Crippen molar-refractivity contribution in [3.8, 4) is 0 Å². The van der Waals surface area contributed by atoms with Gasteiger partial charge >= 0.3 is 0 Å². The van der Waals surface area contributed by atoms with E-state index in [0.717, 1.165) is 8.73 Å². The minimum Gasteiger partial charge on any atom is -0.359 e. The van der Waals surface area contributed by atoms with Gasteiger partial charge in [-0.1, -0.05) is 6.92 Å². The molecule has 0 amide bonds. The second-order valence-electron chi connectivity index (χ2n) is 2.44. The molecule has 0 saturated heterocycles. The topological polar surface area (TPSA) is 3.24 Å². The molecule has 0 bridgehead atoms. The van der Waals surface area contributed by atoms with E-state index in [4.69, 9.17) is 0 Å². The van der Waals surface area contributed by atoms with Crippen molar-refractivity contribution in [2.24, 2.45) is 0 Å². The Morgan fingerprint density at radius 3 is 2.56 bits per heavy atom. The third-order valence-corrected chi connectivity index (χ3v) is 3.37. The first-order valence-corrected chi connectivity index (χ1v) is 4.57. The van der Waals surface area contributed by atoms with Gasteiger partial charge in [-0.15, -0.1) is 0 Å². The van der Waals surface area contributed by atoms with Gasteiger partial charge in [0.2, 0.25) is 0 Å².